The van der Waals surface area contributed by atoms with Crippen LogP contribution in [0.5, 0.6) is 0 Å². The normalized spacial score (nSPS) is 10.0. The molecule has 0 aliphatic heterocycles. The Morgan fingerprint density at radius 1 is 1.14 bits per heavy atom. The lowest BCUT2D eigenvalue weighted by Crippen LogP contribution is -2.20. The highest BCUT2D eigenvalue weighted by Gasteiger charge is 2.16. The summed E-state index contributed by atoms with van der Waals surface area (Å²) in [6.07, 6.45) is 0. The summed E-state index contributed by atoms with van der Waals surface area (Å²) in [7, 11) is 0. The smallest absolute Gasteiger partial charge is 0.308 e. The van der Waals surface area contributed by atoms with Gasteiger partial charge in [0.15, 0.2) is 0 Å². The molecule has 0 spiro atoms. The quantitative estimate of drug-likeness (QED) is 0.438. The molecule has 6 nitrogen and oxygen atoms in total. The molecule has 2 N–H and O–H groups in total. The van der Waals surface area contributed by atoms with Crippen molar-refractivity contribution >= 4 is 57.3 Å². The van der Waals surface area contributed by atoms with E-state index in [1.54, 1.807) is 12.1 Å². The van der Waals surface area contributed by atoms with Crippen LogP contribution in [0.3, 0.4) is 0 Å². The maximum atomic E-state index is 11.8. The van der Waals surface area contributed by atoms with Gasteiger partial charge in [0, 0.05) is 20.3 Å². The Labute approximate surface area is 138 Å². The maximum Gasteiger partial charge on any atom is 0.323 e. The van der Waals surface area contributed by atoms with Crippen LogP contribution in [0, 0.1) is 13.7 Å². The molecule has 0 bridgehead atoms. The zero-order valence-electron chi connectivity index (χ0n) is 10.5. The zero-order chi connectivity index (χ0) is 15.4. The molecule has 0 atom stereocenters. The van der Waals surface area contributed by atoms with Gasteiger partial charge in [-0.25, -0.2) is 4.79 Å². The topological polar surface area (TPSA) is 84.3 Å². The number of nitrogens with zero attached hydrogens (tertiary/aromatic N) is 1. The summed E-state index contributed by atoms with van der Waals surface area (Å²) in [4.78, 5) is 22.2. The molecular formula is C13H9ClIN3O3. The van der Waals surface area contributed by atoms with E-state index in [9.17, 15) is 14.9 Å². The maximum absolute atomic E-state index is 11.8. The summed E-state index contributed by atoms with van der Waals surface area (Å²) in [6, 6.07) is 10.6. The Morgan fingerprint density at radius 2 is 1.81 bits per heavy atom. The van der Waals surface area contributed by atoms with Crippen LogP contribution in [0.2, 0.25) is 5.02 Å². The monoisotopic (exact) mass is 417 g/mol. The molecule has 0 saturated carbocycles. The molecule has 0 radical (unpaired) electrons. The predicted octanol–water partition coefficient (Wildman–Crippen LogP) is 4.50. The van der Waals surface area contributed by atoms with Crippen molar-refractivity contribution in [2.75, 3.05) is 10.6 Å². The molecule has 0 aromatic heterocycles. The molecule has 2 rings (SSSR count). The third-order valence-corrected chi connectivity index (χ3v) is 3.46. The van der Waals surface area contributed by atoms with Crippen LogP contribution >= 0.6 is 34.2 Å². The first-order valence-corrected chi connectivity index (χ1v) is 7.19. The van der Waals surface area contributed by atoms with Crippen molar-refractivity contribution in [2.24, 2.45) is 0 Å². The first kappa shape index (κ1) is 15.5. The number of benzene rings is 2. The summed E-state index contributed by atoms with van der Waals surface area (Å²) >= 11 is 7.86. The van der Waals surface area contributed by atoms with E-state index >= 15 is 0 Å². The van der Waals surface area contributed by atoms with Crippen molar-refractivity contribution < 1.29 is 9.72 Å². The summed E-state index contributed by atoms with van der Waals surface area (Å²) in [5.74, 6) is 0. The van der Waals surface area contributed by atoms with Crippen LogP contribution in [0.15, 0.2) is 42.5 Å². The fourth-order valence-corrected chi connectivity index (χ4v) is 2.11. The van der Waals surface area contributed by atoms with Crippen LogP contribution in [0.4, 0.5) is 21.9 Å². The highest BCUT2D eigenvalue weighted by molar-refractivity contribution is 14.1. The van der Waals surface area contributed by atoms with E-state index in [4.69, 9.17) is 11.6 Å². The molecule has 0 heterocycles. The summed E-state index contributed by atoms with van der Waals surface area (Å²) in [5, 5.41) is 16.2. The Morgan fingerprint density at radius 3 is 2.43 bits per heavy atom. The predicted molar refractivity (Wildman–Crippen MR) is 89.9 cm³/mol. The molecule has 21 heavy (non-hydrogen) atoms. The minimum atomic E-state index is -0.605. The molecule has 2 aromatic rings. The van der Waals surface area contributed by atoms with Gasteiger partial charge < -0.3 is 10.6 Å². The SMILES string of the molecule is O=C(Nc1ccc(I)cc1)Nc1ccc(Cl)cc1[N+](=O)[O-]. The lowest BCUT2D eigenvalue weighted by Gasteiger charge is -2.08. The van der Waals surface area contributed by atoms with E-state index in [-0.39, 0.29) is 16.4 Å². The van der Waals surface area contributed by atoms with Crippen LogP contribution in [-0.2, 0) is 0 Å². The molecule has 0 aliphatic carbocycles. The Balaban J connectivity index is 2.12. The van der Waals surface area contributed by atoms with Gasteiger partial charge >= 0.3 is 6.03 Å². The standard InChI is InChI=1S/C13H9ClIN3O3/c14-8-1-6-11(12(7-8)18(20)21)17-13(19)16-10-4-2-9(15)3-5-10/h1-7H,(H2,16,17,19). The van der Waals surface area contributed by atoms with E-state index in [0.29, 0.717) is 5.69 Å². The molecular weight excluding hydrogens is 409 g/mol. The number of nitrogens with one attached hydrogen (secondary N) is 2. The number of rotatable bonds is 3. The van der Waals surface area contributed by atoms with E-state index in [1.165, 1.54) is 18.2 Å². The lowest BCUT2D eigenvalue weighted by atomic mass is 10.2. The summed E-state index contributed by atoms with van der Waals surface area (Å²) < 4.78 is 1.03. The van der Waals surface area contributed by atoms with E-state index < -0.39 is 11.0 Å². The highest BCUT2D eigenvalue weighted by Crippen LogP contribution is 2.27. The number of urea groups is 1. The van der Waals surface area contributed by atoms with E-state index in [0.717, 1.165) is 3.57 Å². The Hall–Kier alpha value is -1.87. The van der Waals surface area contributed by atoms with Gasteiger partial charge in [0.1, 0.15) is 5.69 Å². The van der Waals surface area contributed by atoms with Gasteiger partial charge in [0.05, 0.1) is 4.92 Å². The van der Waals surface area contributed by atoms with Gasteiger partial charge in [-0.3, -0.25) is 10.1 Å². The number of nitro benzene ring substituents is 1. The average Bonchev–Trinajstić information content (AvgIpc) is 2.43. The number of amides is 2. The van der Waals surface area contributed by atoms with E-state index in [2.05, 4.69) is 33.2 Å². The number of nitro groups is 1. The first-order chi connectivity index (χ1) is 9.95. The van der Waals surface area contributed by atoms with Crippen molar-refractivity contribution in [1.29, 1.82) is 0 Å². The van der Waals surface area contributed by atoms with Gasteiger partial charge in [-0.05, 0) is 59.0 Å². The fourth-order valence-electron chi connectivity index (χ4n) is 1.58. The van der Waals surface area contributed by atoms with Gasteiger partial charge in [-0.15, -0.1) is 0 Å². The van der Waals surface area contributed by atoms with Crippen LogP contribution < -0.4 is 10.6 Å². The fraction of sp³-hybridized carbons (Fsp3) is 0. The van der Waals surface area contributed by atoms with Crippen molar-refractivity contribution in [2.45, 2.75) is 0 Å². The number of carbonyl (C=O) groups is 1. The third kappa shape index (κ3) is 4.30. The Kier molecular flexibility index (Phi) is 4.97. The number of hydrogen-bond acceptors (Lipinski definition) is 3. The molecule has 8 heteroatoms. The molecule has 2 aromatic carbocycles. The third-order valence-electron chi connectivity index (χ3n) is 2.51. The molecule has 0 unspecified atom stereocenters. The second kappa shape index (κ2) is 6.72. The Bertz CT molecular complexity index is 692. The zero-order valence-corrected chi connectivity index (χ0v) is 13.4. The summed E-state index contributed by atoms with van der Waals surface area (Å²) in [5.41, 5.74) is 0.400. The number of anilines is 2. The van der Waals surface area contributed by atoms with Crippen molar-refractivity contribution in [3.63, 3.8) is 0 Å². The number of halogens is 2. The molecule has 2 amide bonds. The van der Waals surface area contributed by atoms with Gasteiger partial charge in [0.25, 0.3) is 5.69 Å². The molecule has 0 saturated heterocycles. The first-order valence-electron chi connectivity index (χ1n) is 5.73. The average molecular weight is 418 g/mol. The molecule has 0 fully saturated rings. The van der Waals surface area contributed by atoms with Crippen LogP contribution in [0.25, 0.3) is 0 Å². The van der Waals surface area contributed by atoms with Gasteiger partial charge in [-0.2, -0.15) is 0 Å². The summed E-state index contributed by atoms with van der Waals surface area (Å²) in [6.45, 7) is 0. The lowest BCUT2D eigenvalue weighted by molar-refractivity contribution is -0.383. The molecule has 0 aliphatic rings. The van der Waals surface area contributed by atoms with Crippen molar-refractivity contribution in [3.05, 3.63) is 61.2 Å². The second-order valence-corrected chi connectivity index (χ2v) is 5.69. The number of hydrogen-bond donors (Lipinski definition) is 2. The molecule has 108 valence electrons. The largest absolute Gasteiger partial charge is 0.323 e. The van der Waals surface area contributed by atoms with Crippen molar-refractivity contribution in [1.82, 2.24) is 0 Å². The minimum Gasteiger partial charge on any atom is -0.308 e. The van der Waals surface area contributed by atoms with Gasteiger partial charge in [-0.1, -0.05) is 11.6 Å². The van der Waals surface area contributed by atoms with E-state index in [1.807, 2.05) is 12.1 Å². The number of carbonyl (C=O) groups excluding carboxylic acids is 1. The van der Waals surface area contributed by atoms with Crippen LogP contribution in [-0.4, -0.2) is 11.0 Å². The van der Waals surface area contributed by atoms with Crippen molar-refractivity contribution in [3.8, 4) is 0 Å². The second-order valence-electron chi connectivity index (χ2n) is 4.00. The van der Waals surface area contributed by atoms with Crippen LogP contribution in [0.1, 0.15) is 0 Å². The highest BCUT2D eigenvalue weighted by atomic mass is 127. The van der Waals surface area contributed by atoms with Gasteiger partial charge in [0.2, 0.25) is 0 Å². The minimum absolute atomic E-state index is 0.0763.